The number of likely N-dealkylation sites (tertiary alicyclic amines) is 1. The predicted octanol–water partition coefficient (Wildman–Crippen LogP) is 3.30. The molecule has 0 bridgehead atoms. The fraction of sp³-hybridized carbons (Fsp3) is 1.00. The van der Waals surface area contributed by atoms with E-state index in [1.165, 1.54) is 45.1 Å². The zero-order valence-electron chi connectivity index (χ0n) is 9.55. The van der Waals surface area contributed by atoms with E-state index in [0.717, 1.165) is 12.0 Å². The van der Waals surface area contributed by atoms with Gasteiger partial charge in [-0.3, -0.25) is 0 Å². The average Bonchev–Trinajstić information content (AvgIpc) is 2.54. The second-order valence-electron chi connectivity index (χ2n) is 4.50. The first-order chi connectivity index (χ1) is 6.29. The number of hydrogen-bond acceptors (Lipinski definition) is 1. The summed E-state index contributed by atoms with van der Waals surface area (Å²) in [5.74, 6) is 0.965. The van der Waals surface area contributed by atoms with Crippen molar-refractivity contribution in [3.63, 3.8) is 0 Å². The molecule has 2 unspecified atom stereocenters. The molecule has 1 heteroatoms. The van der Waals surface area contributed by atoms with Gasteiger partial charge in [-0.05, 0) is 38.8 Å². The third-order valence-corrected chi connectivity index (χ3v) is 3.57. The standard InChI is InChI=1S/C12H25N/c1-4-6-8-11(5-2)12-9-7-10-13(12)3/h11-12H,4-10H2,1-3H3. The van der Waals surface area contributed by atoms with Crippen LogP contribution in [0.3, 0.4) is 0 Å². The summed E-state index contributed by atoms with van der Waals surface area (Å²) in [6, 6.07) is 0.900. The largest absolute Gasteiger partial charge is 0.303 e. The quantitative estimate of drug-likeness (QED) is 0.632. The van der Waals surface area contributed by atoms with E-state index in [0.29, 0.717) is 0 Å². The van der Waals surface area contributed by atoms with Crippen molar-refractivity contribution in [1.29, 1.82) is 0 Å². The molecule has 0 amide bonds. The van der Waals surface area contributed by atoms with Crippen LogP contribution >= 0.6 is 0 Å². The minimum atomic E-state index is 0.900. The summed E-state index contributed by atoms with van der Waals surface area (Å²) in [6.45, 7) is 5.98. The second-order valence-corrected chi connectivity index (χ2v) is 4.50. The van der Waals surface area contributed by atoms with Crippen LogP contribution in [0.4, 0.5) is 0 Å². The normalized spacial score (nSPS) is 26.5. The molecule has 0 N–H and O–H groups in total. The molecule has 13 heavy (non-hydrogen) atoms. The SMILES string of the molecule is CCCCC(CC)C1CCCN1C. The van der Waals surface area contributed by atoms with Crippen LogP contribution in [0.1, 0.15) is 52.4 Å². The smallest absolute Gasteiger partial charge is 0.0121 e. The van der Waals surface area contributed by atoms with Crippen molar-refractivity contribution in [3.8, 4) is 0 Å². The van der Waals surface area contributed by atoms with E-state index in [1.807, 2.05) is 0 Å². The third-order valence-electron chi connectivity index (χ3n) is 3.57. The highest BCUT2D eigenvalue weighted by Gasteiger charge is 2.27. The van der Waals surface area contributed by atoms with Crippen LogP contribution in [0.25, 0.3) is 0 Å². The van der Waals surface area contributed by atoms with Gasteiger partial charge in [0.2, 0.25) is 0 Å². The maximum Gasteiger partial charge on any atom is 0.0121 e. The molecule has 1 heterocycles. The fourth-order valence-electron chi connectivity index (χ4n) is 2.67. The van der Waals surface area contributed by atoms with Gasteiger partial charge in [-0.2, -0.15) is 0 Å². The molecule has 0 aromatic carbocycles. The average molecular weight is 183 g/mol. The van der Waals surface area contributed by atoms with E-state index in [-0.39, 0.29) is 0 Å². The lowest BCUT2D eigenvalue weighted by atomic mass is 9.90. The molecule has 0 spiro atoms. The Morgan fingerprint density at radius 1 is 1.38 bits per heavy atom. The second kappa shape index (κ2) is 5.64. The monoisotopic (exact) mass is 183 g/mol. The Kier molecular flexibility index (Phi) is 4.79. The molecular weight excluding hydrogens is 158 g/mol. The van der Waals surface area contributed by atoms with E-state index >= 15 is 0 Å². The summed E-state index contributed by atoms with van der Waals surface area (Å²) < 4.78 is 0. The molecule has 0 saturated carbocycles. The Hall–Kier alpha value is -0.0400. The highest BCUT2D eigenvalue weighted by atomic mass is 15.1. The number of rotatable bonds is 5. The summed E-state index contributed by atoms with van der Waals surface area (Å²) in [7, 11) is 2.30. The minimum absolute atomic E-state index is 0.900. The van der Waals surface area contributed by atoms with E-state index < -0.39 is 0 Å². The van der Waals surface area contributed by atoms with Gasteiger partial charge >= 0.3 is 0 Å². The molecule has 2 atom stereocenters. The first-order valence-corrected chi connectivity index (χ1v) is 5.99. The van der Waals surface area contributed by atoms with Crippen LogP contribution in [0.2, 0.25) is 0 Å². The molecule has 1 aliphatic rings. The summed E-state index contributed by atoms with van der Waals surface area (Å²) in [6.07, 6.45) is 8.45. The van der Waals surface area contributed by atoms with E-state index in [2.05, 4.69) is 25.8 Å². The lowest BCUT2D eigenvalue weighted by molar-refractivity contribution is 0.209. The lowest BCUT2D eigenvalue weighted by Gasteiger charge is -2.28. The molecule has 1 saturated heterocycles. The Morgan fingerprint density at radius 3 is 2.62 bits per heavy atom. The van der Waals surface area contributed by atoms with Crippen molar-refractivity contribution in [2.24, 2.45) is 5.92 Å². The van der Waals surface area contributed by atoms with Crippen LogP contribution in [0, 0.1) is 5.92 Å². The van der Waals surface area contributed by atoms with Crippen LogP contribution in [-0.4, -0.2) is 24.5 Å². The van der Waals surface area contributed by atoms with E-state index in [1.54, 1.807) is 0 Å². The topological polar surface area (TPSA) is 3.24 Å². The molecule has 0 radical (unpaired) electrons. The van der Waals surface area contributed by atoms with Gasteiger partial charge in [-0.15, -0.1) is 0 Å². The van der Waals surface area contributed by atoms with Gasteiger partial charge in [0.1, 0.15) is 0 Å². The molecule has 78 valence electrons. The van der Waals surface area contributed by atoms with Crippen molar-refractivity contribution in [1.82, 2.24) is 4.90 Å². The Labute approximate surface area is 83.5 Å². The van der Waals surface area contributed by atoms with E-state index in [9.17, 15) is 0 Å². The Bertz CT molecular complexity index is 133. The van der Waals surface area contributed by atoms with Gasteiger partial charge < -0.3 is 4.90 Å². The third kappa shape index (κ3) is 2.98. The van der Waals surface area contributed by atoms with Gasteiger partial charge in [0, 0.05) is 6.04 Å². The summed E-state index contributed by atoms with van der Waals surface area (Å²) >= 11 is 0. The molecule has 0 aromatic rings. The first-order valence-electron chi connectivity index (χ1n) is 5.99. The van der Waals surface area contributed by atoms with Crippen molar-refractivity contribution in [3.05, 3.63) is 0 Å². The zero-order chi connectivity index (χ0) is 9.68. The molecule has 0 aromatic heterocycles. The van der Waals surface area contributed by atoms with Crippen LogP contribution in [0.5, 0.6) is 0 Å². The highest BCUT2D eigenvalue weighted by Crippen LogP contribution is 2.28. The summed E-state index contributed by atoms with van der Waals surface area (Å²) in [4.78, 5) is 2.57. The minimum Gasteiger partial charge on any atom is -0.303 e. The number of nitrogens with zero attached hydrogens (tertiary/aromatic N) is 1. The zero-order valence-corrected chi connectivity index (χ0v) is 9.55. The number of unbranched alkanes of at least 4 members (excludes halogenated alkanes) is 1. The molecule has 1 rings (SSSR count). The van der Waals surface area contributed by atoms with Gasteiger partial charge in [-0.1, -0.05) is 33.1 Å². The number of hydrogen-bond donors (Lipinski definition) is 0. The van der Waals surface area contributed by atoms with Crippen molar-refractivity contribution < 1.29 is 0 Å². The maximum atomic E-state index is 2.57. The first kappa shape index (κ1) is 11.0. The predicted molar refractivity (Wildman–Crippen MR) is 59.0 cm³/mol. The fourth-order valence-corrected chi connectivity index (χ4v) is 2.67. The van der Waals surface area contributed by atoms with Gasteiger partial charge in [-0.25, -0.2) is 0 Å². The molecule has 1 aliphatic heterocycles. The van der Waals surface area contributed by atoms with Crippen molar-refractivity contribution >= 4 is 0 Å². The van der Waals surface area contributed by atoms with Crippen LogP contribution in [-0.2, 0) is 0 Å². The van der Waals surface area contributed by atoms with Crippen LogP contribution in [0.15, 0.2) is 0 Å². The molecule has 1 fully saturated rings. The van der Waals surface area contributed by atoms with Gasteiger partial charge in [0.25, 0.3) is 0 Å². The lowest BCUT2D eigenvalue weighted by Crippen LogP contribution is -2.32. The maximum absolute atomic E-state index is 2.57. The molecular formula is C12H25N. The summed E-state index contributed by atoms with van der Waals surface area (Å²) in [5.41, 5.74) is 0. The summed E-state index contributed by atoms with van der Waals surface area (Å²) in [5, 5.41) is 0. The van der Waals surface area contributed by atoms with E-state index in [4.69, 9.17) is 0 Å². The van der Waals surface area contributed by atoms with Gasteiger partial charge in [0.05, 0.1) is 0 Å². The Balaban J connectivity index is 2.35. The van der Waals surface area contributed by atoms with Crippen LogP contribution < -0.4 is 0 Å². The molecule has 0 aliphatic carbocycles. The van der Waals surface area contributed by atoms with Crippen molar-refractivity contribution in [2.75, 3.05) is 13.6 Å². The Morgan fingerprint density at radius 2 is 2.15 bits per heavy atom. The van der Waals surface area contributed by atoms with Crippen molar-refractivity contribution in [2.45, 2.75) is 58.4 Å². The van der Waals surface area contributed by atoms with Gasteiger partial charge in [0.15, 0.2) is 0 Å². The highest BCUT2D eigenvalue weighted by molar-refractivity contribution is 4.82. The molecule has 1 nitrogen and oxygen atoms in total.